The van der Waals surface area contributed by atoms with Crippen LogP contribution in [-0.4, -0.2) is 38.5 Å². The summed E-state index contributed by atoms with van der Waals surface area (Å²) >= 11 is 0.969. The van der Waals surface area contributed by atoms with Gasteiger partial charge in [0.2, 0.25) is 5.13 Å². The maximum absolute atomic E-state index is 11.5. The highest BCUT2D eigenvalue weighted by Crippen LogP contribution is 2.14. The Morgan fingerprint density at radius 2 is 2.16 bits per heavy atom. The minimum absolute atomic E-state index is 0.0405. The lowest BCUT2D eigenvalue weighted by molar-refractivity contribution is -0.138. The van der Waals surface area contributed by atoms with Crippen LogP contribution in [0.15, 0.2) is 0 Å². The van der Waals surface area contributed by atoms with Gasteiger partial charge in [-0.15, -0.1) is 0 Å². The van der Waals surface area contributed by atoms with Gasteiger partial charge in [-0.2, -0.15) is 0 Å². The Morgan fingerprint density at radius 1 is 1.42 bits per heavy atom. The molecular formula is C10H17N5O3S. The fraction of sp³-hybridized carbons (Fsp3) is 0.700. The highest BCUT2D eigenvalue weighted by molar-refractivity contribution is 7.09. The molecule has 0 spiro atoms. The summed E-state index contributed by atoms with van der Waals surface area (Å²) in [6.07, 6.45) is 0.783. The zero-order valence-corrected chi connectivity index (χ0v) is 11.6. The number of nitrogens with zero attached hydrogens (tertiary/aromatic N) is 3. The number of carbonyl (C=O) groups excluding carboxylic acids is 1. The Morgan fingerprint density at radius 3 is 2.68 bits per heavy atom. The van der Waals surface area contributed by atoms with Gasteiger partial charge in [-0.25, -0.2) is 4.79 Å². The average Bonchev–Trinajstić information content (AvgIpc) is 2.77. The number of aliphatic carboxylic acids is 1. The monoisotopic (exact) mass is 287 g/mol. The molecule has 106 valence electrons. The van der Waals surface area contributed by atoms with Crippen molar-refractivity contribution in [3.8, 4) is 0 Å². The number of carboxylic acid groups (broad SMARTS) is 1. The standard InChI is InChI=1S/C10H17N5O3S/c1-6(2)3-7(4-8(16)17)5-11-9(18)12-10-13-14-15-19-10/h6-7H,3-5H2,1-2H3,(H,16,17)(H2,11,12,13,15,18)/t7-/m0/s1. The Balaban J connectivity index is 2.37. The van der Waals surface area contributed by atoms with E-state index < -0.39 is 12.0 Å². The minimum atomic E-state index is -0.860. The van der Waals surface area contributed by atoms with Crippen LogP contribution in [0.2, 0.25) is 0 Å². The third kappa shape index (κ3) is 6.65. The first kappa shape index (κ1) is 15.3. The number of carboxylic acids is 1. The minimum Gasteiger partial charge on any atom is -0.481 e. The number of rotatable bonds is 7. The van der Waals surface area contributed by atoms with E-state index in [2.05, 4.69) is 25.4 Å². The third-order valence-electron chi connectivity index (χ3n) is 2.34. The molecule has 0 saturated heterocycles. The molecule has 0 radical (unpaired) electrons. The number of hydrogen-bond acceptors (Lipinski definition) is 6. The molecule has 0 aliphatic rings. The molecule has 3 N–H and O–H groups in total. The number of anilines is 1. The smallest absolute Gasteiger partial charge is 0.321 e. The molecule has 1 aromatic rings. The first-order chi connectivity index (χ1) is 8.97. The topological polar surface area (TPSA) is 117 Å². The summed E-state index contributed by atoms with van der Waals surface area (Å²) in [5, 5.41) is 21.1. The van der Waals surface area contributed by atoms with Crippen molar-refractivity contribution in [3.63, 3.8) is 0 Å². The van der Waals surface area contributed by atoms with Gasteiger partial charge in [0.1, 0.15) is 0 Å². The Labute approximate surface area is 114 Å². The molecule has 0 aliphatic carbocycles. The number of nitrogens with one attached hydrogen (secondary N) is 2. The van der Waals surface area contributed by atoms with Gasteiger partial charge in [0.25, 0.3) is 0 Å². The Bertz CT molecular complexity index is 409. The van der Waals surface area contributed by atoms with Gasteiger partial charge in [0.05, 0.1) is 0 Å². The summed E-state index contributed by atoms with van der Waals surface area (Å²) < 4.78 is 3.51. The molecule has 0 aliphatic heterocycles. The predicted octanol–water partition coefficient (Wildman–Crippen LogP) is 1.19. The second-order valence-electron chi connectivity index (χ2n) is 4.60. The summed E-state index contributed by atoms with van der Waals surface area (Å²) in [6, 6.07) is -0.433. The number of urea groups is 1. The lowest BCUT2D eigenvalue weighted by Crippen LogP contribution is -2.34. The van der Waals surface area contributed by atoms with Crippen LogP contribution in [0, 0.1) is 11.8 Å². The average molecular weight is 287 g/mol. The van der Waals surface area contributed by atoms with E-state index in [-0.39, 0.29) is 12.3 Å². The maximum atomic E-state index is 11.5. The molecule has 0 bridgehead atoms. The van der Waals surface area contributed by atoms with Crippen molar-refractivity contribution in [2.24, 2.45) is 11.8 Å². The molecule has 1 atom stereocenters. The largest absolute Gasteiger partial charge is 0.481 e. The van der Waals surface area contributed by atoms with E-state index >= 15 is 0 Å². The molecule has 8 nitrogen and oxygen atoms in total. The van der Waals surface area contributed by atoms with E-state index in [4.69, 9.17) is 5.11 Å². The normalized spacial score (nSPS) is 12.2. The van der Waals surface area contributed by atoms with Gasteiger partial charge in [0, 0.05) is 24.5 Å². The van der Waals surface area contributed by atoms with Crippen LogP contribution in [0.25, 0.3) is 0 Å². The van der Waals surface area contributed by atoms with Crippen LogP contribution >= 0.6 is 11.5 Å². The molecule has 1 aromatic heterocycles. The summed E-state index contributed by atoms with van der Waals surface area (Å²) in [7, 11) is 0. The van der Waals surface area contributed by atoms with Gasteiger partial charge in [0.15, 0.2) is 0 Å². The van der Waals surface area contributed by atoms with Gasteiger partial charge in [-0.3, -0.25) is 10.1 Å². The number of hydrogen-bond donors (Lipinski definition) is 3. The lowest BCUT2D eigenvalue weighted by atomic mass is 9.94. The van der Waals surface area contributed by atoms with E-state index in [1.807, 2.05) is 13.8 Å². The second kappa shape index (κ2) is 7.62. The van der Waals surface area contributed by atoms with Crippen LogP contribution in [0.5, 0.6) is 0 Å². The molecule has 9 heteroatoms. The van der Waals surface area contributed by atoms with Crippen LogP contribution in [0.1, 0.15) is 26.7 Å². The SMILES string of the molecule is CC(C)C[C@H](CNC(=O)Nc1nnns1)CC(=O)O. The number of aromatic nitrogens is 3. The Kier molecular flexibility index (Phi) is 6.13. The molecule has 0 aromatic carbocycles. The summed E-state index contributed by atoms with van der Waals surface area (Å²) in [5.74, 6) is -0.571. The van der Waals surface area contributed by atoms with E-state index in [0.717, 1.165) is 18.0 Å². The fourth-order valence-electron chi connectivity index (χ4n) is 1.71. The highest BCUT2D eigenvalue weighted by Gasteiger charge is 2.16. The zero-order chi connectivity index (χ0) is 14.3. The van der Waals surface area contributed by atoms with Gasteiger partial charge < -0.3 is 10.4 Å². The van der Waals surface area contributed by atoms with Crippen molar-refractivity contribution in [3.05, 3.63) is 0 Å². The van der Waals surface area contributed by atoms with Gasteiger partial charge in [-0.1, -0.05) is 23.4 Å². The quantitative estimate of drug-likeness (QED) is 0.693. The van der Waals surface area contributed by atoms with Crippen molar-refractivity contribution in [1.29, 1.82) is 0 Å². The summed E-state index contributed by atoms with van der Waals surface area (Å²) in [5.41, 5.74) is 0. The fourth-order valence-corrected chi connectivity index (χ4v) is 2.07. The van der Waals surface area contributed by atoms with Crippen molar-refractivity contribution < 1.29 is 14.7 Å². The van der Waals surface area contributed by atoms with Crippen molar-refractivity contribution in [2.75, 3.05) is 11.9 Å². The third-order valence-corrected chi connectivity index (χ3v) is 2.85. The summed E-state index contributed by atoms with van der Waals surface area (Å²) in [6.45, 7) is 4.34. The predicted molar refractivity (Wildman–Crippen MR) is 69.9 cm³/mol. The molecule has 1 heterocycles. The molecular weight excluding hydrogens is 270 g/mol. The molecule has 1 rings (SSSR count). The van der Waals surface area contributed by atoms with E-state index in [0.29, 0.717) is 17.6 Å². The highest BCUT2D eigenvalue weighted by atomic mass is 32.1. The molecule has 2 amide bonds. The molecule has 19 heavy (non-hydrogen) atoms. The summed E-state index contributed by atoms with van der Waals surface area (Å²) in [4.78, 5) is 22.3. The van der Waals surface area contributed by atoms with Crippen LogP contribution in [0.3, 0.4) is 0 Å². The van der Waals surface area contributed by atoms with Gasteiger partial charge in [-0.05, 0) is 23.5 Å². The van der Waals surface area contributed by atoms with Crippen LogP contribution in [0.4, 0.5) is 9.93 Å². The van der Waals surface area contributed by atoms with Gasteiger partial charge >= 0.3 is 12.0 Å². The van der Waals surface area contributed by atoms with Crippen molar-refractivity contribution in [2.45, 2.75) is 26.7 Å². The van der Waals surface area contributed by atoms with Crippen LogP contribution in [-0.2, 0) is 4.79 Å². The van der Waals surface area contributed by atoms with Crippen LogP contribution < -0.4 is 10.6 Å². The van der Waals surface area contributed by atoms with E-state index in [1.54, 1.807) is 0 Å². The lowest BCUT2D eigenvalue weighted by Gasteiger charge is -2.17. The van der Waals surface area contributed by atoms with E-state index in [9.17, 15) is 9.59 Å². The van der Waals surface area contributed by atoms with E-state index in [1.165, 1.54) is 0 Å². The first-order valence-corrected chi connectivity index (χ1v) is 6.66. The van der Waals surface area contributed by atoms with Crippen molar-refractivity contribution >= 4 is 28.7 Å². The molecule has 0 saturated carbocycles. The first-order valence-electron chi connectivity index (χ1n) is 5.89. The molecule has 0 unspecified atom stereocenters. The second-order valence-corrected chi connectivity index (χ2v) is 5.33. The van der Waals surface area contributed by atoms with Crippen molar-refractivity contribution in [1.82, 2.24) is 20.1 Å². The Hall–Kier alpha value is -1.77. The zero-order valence-electron chi connectivity index (χ0n) is 10.8. The number of carbonyl (C=O) groups is 2. The maximum Gasteiger partial charge on any atom is 0.321 e. The molecule has 0 fully saturated rings. The number of amides is 2.